The number of sulfonamides is 1. The van der Waals surface area contributed by atoms with Crippen LogP contribution in [0.4, 0.5) is 0 Å². The van der Waals surface area contributed by atoms with E-state index in [-0.39, 0.29) is 4.90 Å². The Bertz CT molecular complexity index is 583. The molecule has 8 heteroatoms. The van der Waals surface area contributed by atoms with E-state index in [0.29, 0.717) is 4.31 Å². The molecule has 1 unspecified atom stereocenters. The van der Waals surface area contributed by atoms with Gasteiger partial charge in [0.05, 0.1) is 11.3 Å². The number of nitrogens with zero attached hydrogens (tertiary/aromatic N) is 1. The Balaban J connectivity index is 3.15. The van der Waals surface area contributed by atoms with Crippen molar-refractivity contribution < 1.29 is 28.2 Å². The maximum atomic E-state index is 12.4. The highest BCUT2D eigenvalue weighted by Gasteiger charge is 2.32. The first-order valence-corrected chi connectivity index (χ1v) is 7.22. The van der Waals surface area contributed by atoms with Gasteiger partial charge >= 0.3 is 11.9 Å². The fourth-order valence-electron chi connectivity index (χ4n) is 1.58. The number of hydrogen-bond donors (Lipinski definition) is 2. The van der Waals surface area contributed by atoms with Crippen molar-refractivity contribution in [3.63, 3.8) is 0 Å². The lowest BCUT2D eigenvalue weighted by Gasteiger charge is -2.25. The summed E-state index contributed by atoms with van der Waals surface area (Å²) >= 11 is 0. The molecule has 0 saturated carbocycles. The molecule has 110 valence electrons. The van der Waals surface area contributed by atoms with Crippen LogP contribution in [0, 0.1) is 0 Å². The van der Waals surface area contributed by atoms with Gasteiger partial charge in [0.15, 0.2) is 0 Å². The van der Waals surface area contributed by atoms with Crippen LogP contribution in [0.1, 0.15) is 13.3 Å². The summed E-state index contributed by atoms with van der Waals surface area (Å²) in [6, 6.07) is 5.96. The molecule has 0 aliphatic rings. The van der Waals surface area contributed by atoms with E-state index in [1.165, 1.54) is 31.2 Å². The summed E-state index contributed by atoms with van der Waals surface area (Å²) in [4.78, 5) is 21.5. The summed E-state index contributed by atoms with van der Waals surface area (Å²) in [6.45, 7) is 0.796. The topological polar surface area (TPSA) is 112 Å². The Hall–Kier alpha value is -1.93. The number of carbonyl (C=O) groups is 2. The highest BCUT2D eigenvalue weighted by molar-refractivity contribution is 7.89. The molecule has 0 fully saturated rings. The van der Waals surface area contributed by atoms with Crippen LogP contribution in [-0.4, -0.2) is 47.5 Å². The summed E-state index contributed by atoms with van der Waals surface area (Å²) < 4.78 is 25.4. The Morgan fingerprint density at radius 3 is 2.20 bits per heavy atom. The standard InChI is InChI=1S/C12H15NO6S/c1-9(12(16)17)13(8-7-11(14)15)20(18,19)10-5-3-2-4-6-10/h2-6,9H,7-8H2,1H3,(H,14,15)(H,16,17). The van der Waals surface area contributed by atoms with E-state index in [1.54, 1.807) is 6.07 Å². The predicted octanol–water partition coefficient (Wildman–Crippen LogP) is 0.625. The van der Waals surface area contributed by atoms with Crippen molar-refractivity contribution in [2.24, 2.45) is 0 Å². The second kappa shape index (κ2) is 6.49. The normalized spacial score (nSPS) is 13.1. The third-order valence-corrected chi connectivity index (χ3v) is 4.67. The molecule has 0 saturated heterocycles. The molecule has 2 N–H and O–H groups in total. The number of benzene rings is 1. The molecule has 1 aromatic carbocycles. The van der Waals surface area contributed by atoms with Crippen LogP contribution in [0.5, 0.6) is 0 Å². The number of rotatable bonds is 7. The quantitative estimate of drug-likeness (QED) is 0.763. The van der Waals surface area contributed by atoms with Crippen LogP contribution in [-0.2, 0) is 19.6 Å². The second-order valence-corrected chi connectivity index (χ2v) is 5.98. The van der Waals surface area contributed by atoms with Gasteiger partial charge in [0.1, 0.15) is 6.04 Å². The first kappa shape index (κ1) is 16.1. The van der Waals surface area contributed by atoms with Crippen molar-refractivity contribution in [2.45, 2.75) is 24.3 Å². The van der Waals surface area contributed by atoms with Crippen molar-refractivity contribution in [1.82, 2.24) is 4.31 Å². The van der Waals surface area contributed by atoms with Crippen LogP contribution in [0.25, 0.3) is 0 Å². The Kier molecular flexibility index (Phi) is 5.23. The van der Waals surface area contributed by atoms with Crippen LogP contribution in [0.15, 0.2) is 35.2 Å². The summed E-state index contributed by atoms with van der Waals surface area (Å²) in [6.07, 6.45) is -0.469. The third kappa shape index (κ3) is 3.78. The Morgan fingerprint density at radius 1 is 1.20 bits per heavy atom. The van der Waals surface area contributed by atoms with E-state index < -0.39 is 41.0 Å². The van der Waals surface area contributed by atoms with Gasteiger partial charge in [0.2, 0.25) is 10.0 Å². The van der Waals surface area contributed by atoms with Crippen LogP contribution >= 0.6 is 0 Å². The number of carboxylic acids is 2. The number of hydrogen-bond acceptors (Lipinski definition) is 4. The number of aliphatic carboxylic acids is 2. The molecule has 1 atom stereocenters. The van der Waals surface area contributed by atoms with Gasteiger partial charge in [-0.3, -0.25) is 9.59 Å². The average molecular weight is 301 g/mol. The molecule has 0 aliphatic carbocycles. The molecule has 1 aromatic rings. The monoisotopic (exact) mass is 301 g/mol. The zero-order chi connectivity index (χ0) is 15.3. The van der Waals surface area contributed by atoms with Gasteiger partial charge in [-0.1, -0.05) is 18.2 Å². The maximum absolute atomic E-state index is 12.4. The Morgan fingerprint density at radius 2 is 1.75 bits per heavy atom. The average Bonchev–Trinajstić information content (AvgIpc) is 2.39. The van der Waals surface area contributed by atoms with Crippen molar-refractivity contribution in [2.75, 3.05) is 6.54 Å². The van der Waals surface area contributed by atoms with Crippen LogP contribution in [0.3, 0.4) is 0 Å². The van der Waals surface area contributed by atoms with E-state index in [0.717, 1.165) is 0 Å². The smallest absolute Gasteiger partial charge is 0.321 e. The lowest BCUT2D eigenvalue weighted by atomic mass is 10.3. The van der Waals surface area contributed by atoms with Crippen molar-refractivity contribution in [3.05, 3.63) is 30.3 Å². The van der Waals surface area contributed by atoms with Gasteiger partial charge in [0, 0.05) is 6.54 Å². The molecule has 0 spiro atoms. The third-order valence-electron chi connectivity index (χ3n) is 2.69. The summed E-state index contributed by atoms with van der Waals surface area (Å²) in [7, 11) is -4.05. The van der Waals surface area contributed by atoms with Crippen molar-refractivity contribution >= 4 is 22.0 Å². The number of carboxylic acid groups (broad SMARTS) is 2. The largest absolute Gasteiger partial charge is 0.481 e. The first-order valence-electron chi connectivity index (χ1n) is 5.78. The maximum Gasteiger partial charge on any atom is 0.321 e. The lowest BCUT2D eigenvalue weighted by molar-refractivity contribution is -0.142. The molecular weight excluding hydrogens is 286 g/mol. The highest BCUT2D eigenvalue weighted by Crippen LogP contribution is 2.18. The predicted molar refractivity (Wildman–Crippen MR) is 69.7 cm³/mol. The van der Waals surface area contributed by atoms with Gasteiger partial charge in [-0.05, 0) is 19.1 Å². The molecule has 0 aromatic heterocycles. The first-order chi connectivity index (χ1) is 9.26. The zero-order valence-electron chi connectivity index (χ0n) is 10.8. The lowest BCUT2D eigenvalue weighted by Crippen LogP contribution is -2.44. The van der Waals surface area contributed by atoms with E-state index in [9.17, 15) is 18.0 Å². The molecule has 0 heterocycles. The molecule has 0 amide bonds. The van der Waals surface area contributed by atoms with Crippen molar-refractivity contribution in [3.8, 4) is 0 Å². The fourth-order valence-corrected chi connectivity index (χ4v) is 3.19. The van der Waals surface area contributed by atoms with Gasteiger partial charge in [-0.2, -0.15) is 4.31 Å². The van der Waals surface area contributed by atoms with E-state index >= 15 is 0 Å². The molecule has 0 bridgehead atoms. The van der Waals surface area contributed by atoms with E-state index in [1.807, 2.05) is 0 Å². The van der Waals surface area contributed by atoms with Gasteiger partial charge in [-0.15, -0.1) is 0 Å². The minimum Gasteiger partial charge on any atom is -0.481 e. The van der Waals surface area contributed by atoms with Gasteiger partial charge in [0.25, 0.3) is 0 Å². The van der Waals surface area contributed by atoms with Crippen LogP contribution in [0.2, 0.25) is 0 Å². The second-order valence-electron chi connectivity index (χ2n) is 4.09. The van der Waals surface area contributed by atoms with Gasteiger partial charge in [-0.25, -0.2) is 8.42 Å². The molecule has 0 aliphatic heterocycles. The van der Waals surface area contributed by atoms with E-state index in [2.05, 4.69) is 0 Å². The summed E-state index contributed by atoms with van der Waals surface area (Å²) in [5.41, 5.74) is 0. The molecule has 0 radical (unpaired) electrons. The fraction of sp³-hybridized carbons (Fsp3) is 0.333. The zero-order valence-corrected chi connectivity index (χ0v) is 11.6. The van der Waals surface area contributed by atoms with Crippen molar-refractivity contribution in [1.29, 1.82) is 0 Å². The summed E-state index contributed by atoms with van der Waals surface area (Å²) in [5.74, 6) is -2.54. The summed E-state index contributed by atoms with van der Waals surface area (Å²) in [5, 5.41) is 17.6. The molecule has 20 heavy (non-hydrogen) atoms. The minimum atomic E-state index is -4.05. The van der Waals surface area contributed by atoms with E-state index in [4.69, 9.17) is 10.2 Å². The van der Waals surface area contributed by atoms with Gasteiger partial charge < -0.3 is 10.2 Å². The van der Waals surface area contributed by atoms with Crippen LogP contribution < -0.4 is 0 Å². The molecule has 1 rings (SSSR count). The molecule has 7 nitrogen and oxygen atoms in total. The minimum absolute atomic E-state index is 0.0708. The molecular formula is C12H15NO6S. The highest BCUT2D eigenvalue weighted by atomic mass is 32.2. The SMILES string of the molecule is CC(C(=O)O)N(CCC(=O)O)S(=O)(=O)c1ccccc1. The Labute approximate surface area is 116 Å².